The van der Waals surface area contributed by atoms with Gasteiger partial charge in [0.05, 0.1) is 24.1 Å². The molecule has 10 nitrogen and oxygen atoms in total. The second-order valence-corrected chi connectivity index (χ2v) is 8.48. The number of carbonyl (C=O) groups is 2. The molecule has 2 aromatic heterocycles. The third-order valence-corrected chi connectivity index (χ3v) is 6.03. The number of anilines is 2. The lowest BCUT2D eigenvalue weighted by Gasteiger charge is -2.15. The normalized spacial score (nSPS) is 13.6. The van der Waals surface area contributed by atoms with Crippen LogP contribution < -0.4 is 16.0 Å². The lowest BCUT2D eigenvalue weighted by molar-refractivity contribution is 0.0736. The zero-order valence-corrected chi connectivity index (χ0v) is 20.2. The number of nitrogens with zero attached hydrogens (tertiary/aromatic N) is 3. The number of pyridine rings is 1. The Morgan fingerprint density at radius 2 is 1.86 bits per heavy atom. The lowest BCUT2D eigenvalue weighted by Crippen LogP contribution is -2.32. The zero-order chi connectivity index (χ0) is 25.7. The highest BCUT2D eigenvalue weighted by molar-refractivity contribution is 5.90. The van der Waals surface area contributed by atoms with Crippen molar-refractivity contribution in [3.05, 3.63) is 54.1 Å². The smallest absolute Gasteiger partial charge is 0.412 e. The van der Waals surface area contributed by atoms with Crippen molar-refractivity contribution in [1.29, 1.82) is 0 Å². The molecule has 0 aliphatic heterocycles. The molecule has 2 heterocycles. The van der Waals surface area contributed by atoms with Crippen LogP contribution in [0.5, 0.6) is 0 Å². The van der Waals surface area contributed by atoms with Crippen LogP contribution in [0.1, 0.15) is 24.8 Å². The molecule has 1 aliphatic carbocycles. The molecule has 0 spiro atoms. The first-order valence-electron chi connectivity index (χ1n) is 11.4. The van der Waals surface area contributed by atoms with E-state index < -0.39 is 17.9 Å². The fraction of sp³-hybridized carbons (Fsp3) is 0.320. The number of hydrogen-bond donors (Lipinski definition) is 3. The second kappa shape index (κ2) is 10.6. The van der Waals surface area contributed by atoms with E-state index in [0.717, 1.165) is 12.8 Å². The highest BCUT2D eigenvalue weighted by Crippen LogP contribution is 2.41. The minimum atomic E-state index is -0.647. The second-order valence-electron chi connectivity index (χ2n) is 8.48. The van der Waals surface area contributed by atoms with E-state index in [1.807, 2.05) is 0 Å². The number of rotatable bonds is 8. The molecule has 3 aromatic rings. The number of methoxy groups -OCH3 is 2. The number of amides is 3. The van der Waals surface area contributed by atoms with Gasteiger partial charge in [-0.1, -0.05) is 0 Å². The molecule has 36 heavy (non-hydrogen) atoms. The largest absolute Gasteiger partial charge is 0.453 e. The molecule has 11 heteroatoms. The van der Waals surface area contributed by atoms with Crippen LogP contribution in [0.15, 0.2) is 42.7 Å². The third-order valence-electron chi connectivity index (χ3n) is 6.03. The Bertz CT molecular complexity index is 1280. The van der Waals surface area contributed by atoms with Gasteiger partial charge >= 0.3 is 12.1 Å². The lowest BCUT2D eigenvalue weighted by atomic mass is 10.0. The van der Waals surface area contributed by atoms with E-state index in [4.69, 9.17) is 4.74 Å². The van der Waals surface area contributed by atoms with Crippen molar-refractivity contribution in [1.82, 2.24) is 20.3 Å². The molecule has 0 unspecified atom stereocenters. The number of aryl methyl sites for hydroxylation is 1. The Morgan fingerprint density at radius 3 is 2.58 bits per heavy atom. The Labute approximate surface area is 207 Å². The molecular weight excluding hydrogens is 467 g/mol. The predicted molar refractivity (Wildman–Crippen MR) is 132 cm³/mol. The van der Waals surface area contributed by atoms with Gasteiger partial charge in [0.25, 0.3) is 0 Å². The van der Waals surface area contributed by atoms with Gasteiger partial charge in [-0.2, -0.15) is 0 Å². The summed E-state index contributed by atoms with van der Waals surface area (Å²) in [5.74, 6) is 0.108. The molecule has 0 bridgehead atoms. The van der Waals surface area contributed by atoms with Gasteiger partial charge in [0.15, 0.2) is 5.82 Å². The van der Waals surface area contributed by atoms with Crippen LogP contribution in [0.25, 0.3) is 22.6 Å². The molecule has 1 saturated carbocycles. The van der Waals surface area contributed by atoms with E-state index in [-0.39, 0.29) is 17.1 Å². The summed E-state index contributed by atoms with van der Waals surface area (Å²) in [4.78, 5) is 36.8. The van der Waals surface area contributed by atoms with Crippen molar-refractivity contribution in [3.63, 3.8) is 0 Å². The van der Waals surface area contributed by atoms with Crippen LogP contribution >= 0.6 is 0 Å². The molecule has 0 atom stereocenters. The van der Waals surface area contributed by atoms with E-state index >= 15 is 0 Å². The highest BCUT2D eigenvalue weighted by Gasteiger charge is 2.42. The van der Waals surface area contributed by atoms with E-state index in [2.05, 4.69) is 35.6 Å². The van der Waals surface area contributed by atoms with Crippen molar-refractivity contribution >= 4 is 23.6 Å². The standard InChI is InChI=1S/C25H27FN6O4/c1-15-12-18(26)20(31-23(33)29-11-8-25(36-3)6-7-25)14-17(15)19-5-10-28-22(30-19)16-4-9-27-21(13-16)32-24(34)35-2/h4-5,9-10,12-14H,6-8,11H2,1-3H3,(H,27,32,34)(H2,29,31,33). The first-order chi connectivity index (χ1) is 17.3. The van der Waals surface area contributed by atoms with Crippen LogP contribution in [0.3, 0.4) is 0 Å². The van der Waals surface area contributed by atoms with Crippen LogP contribution in [0, 0.1) is 12.7 Å². The molecule has 1 aromatic carbocycles. The van der Waals surface area contributed by atoms with Gasteiger partial charge in [-0.15, -0.1) is 0 Å². The fourth-order valence-corrected chi connectivity index (χ4v) is 3.75. The summed E-state index contributed by atoms with van der Waals surface area (Å²) in [6.45, 7) is 2.18. The highest BCUT2D eigenvalue weighted by atomic mass is 19.1. The van der Waals surface area contributed by atoms with Gasteiger partial charge in [0.2, 0.25) is 0 Å². The maximum Gasteiger partial charge on any atom is 0.412 e. The van der Waals surface area contributed by atoms with Crippen LogP contribution in [0.2, 0.25) is 0 Å². The van der Waals surface area contributed by atoms with Crippen molar-refractivity contribution in [3.8, 4) is 22.6 Å². The van der Waals surface area contributed by atoms with E-state index in [1.165, 1.54) is 19.4 Å². The molecule has 188 valence electrons. The number of hydrogen-bond acceptors (Lipinski definition) is 7. The van der Waals surface area contributed by atoms with Crippen LogP contribution in [-0.2, 0) is 9.47 Å². The summed E-state index contributed by atoms with van der Waals surface area (Å²) in [5, 5.41) is 7.83. The van der Waals surface area contributed by atoms with Gasteiger partial charge < -0.3 is 20.1 Å². The number of aromatic nitrogens is 3. The molecule has 1 aliphatic rings. The summed E-state index contributed by atoms with van der Waals surface area (Å²) >= 11 is 0. The van der Waals surface area contributed by atoms with Gasteiger partial charge in [0.1, 0.15) is 11.6 Å². The van der Waals surface area contributed by atoms with Crippen LogP contribution in [-0.4, -0.2) is 53.4 Å². The van der Waals surface area contributed by atoms with Crippen LogP contribution in [0.4, 0.5) is 25.5 Å². The number of carbonyl (C=O) groups excluding carboxylic acids is 2. The fourth-order valence-electron chi connectivity index (χ4n) is 3.75. The Morgan fingerprint density at radius 1 is 1.08 bits per heavy atom. The molecule has 4 rings (SSSR count). The summed E-state index contributed by atoms with van der Waals surface area (Å²) < 4.78 is 24.7. The zero-order valence-electron chi connectivity index (χ0n) is 20.2. The maximum atomic E-state index is 14.7. The van der Waals surface area contributed by atoms with Gasteiger partial charge in [-0.3, -0.25) is 5.32 Å². The average molecular weight is 495 g/mol. The van der Waals surface area contributed by atoms with Crippen molar-refractivity contribution in [2.24, 2.45) is 0 Å². The van der Waals surface area contributed by atoms with Crippen molar-refractivity contribution in [2.75, 3.05) is 31.4 Å². The number of nitrogens with one attached hydrogen (secondary N) is 3. The Balaban J connectivity index is 1.52. The van der Waals surface area contributed by atoms with E-state index in [0.29, 0.717) is 41.2 Å². The first kappa shape index (κ1) is 25.0. The molecule has 0 saturated heterocycles. The molecule has 3 N–H and O–H groups in total. The third kappa shape index (κ3) is 5.92. The summed E-state index contributed by atoms with van der Waals surface area (Å²) in [6.07, 6.45) is 5.11. The number of halogens is 1. The molecular formula is C25H27FN6O4. The molecule has 3 amide bonds. The number of urea groups is 1. The number of ether oxygens (including phenoxy) is 2. The summed E-state index contributed by atoms with van der Waals surface area (Å²) in [5.41, 5.74) is 2.33. The van der Waals surface area contributed by atoms with E-state index in [1.54, 1.807) is 44.5 Å². The minimum absolute atomic E-state index is 0.0367. The summed E-state index contributed by atoms with van der Waals surface area (Å²) in [7, 11) is 2.93. The minimum Gasteiger partial charge on any atom is -0.453 e. The SMILES string of the molecule is COC(=O)Nc1cc(-c2nccc(-c3cc(NC(=O)NCCC4(OC)CC4)c(F)cc3C)n2)ccn1. The monoisotopic (exact) mass is 494 g/mol. The van der Waals surface area contributed by atoms with Crippen molar-refractivity contribution in [2.45, 2.75) is 31.8 Å². The average Bonchev–Trinajstić information content (AvgIpc) is 3.66. The van der Waals surface area contributed by atoms with Crippen molar-refractivity contribution < 1.29 is 23.5 Å². The summed E-state index contributed by atoms with van der Waals surface area (Å²) in [6, 6.07) is 7.40. The maximum absolute atomic E-state index is 14.7. The molecule has 1 fully saturated rings. The molecule has 0 radical (unpaired) electrons. The number of benzene rings is 1. The van der Waals surface area contributed by atoms with Gasteiger partial charge in [0, 0.05) is 37.2 Å². The van der Waals surface area contributed by atoms with E-state index in [9.17, 15) is 14.0 Å². The predicted octanol–water partition coefficient (Wildman–Crippen LogP) is 4.52. The Hall–Kier alpha value is -4.12. The van der Waals surface area contributed by atoms with Gasteiger partial charge in [-0.25, -0.2) is 28.9 Å². The first-order valence-corrected chi connectivity index (χ1v) is 11.4. The topological polar surface area (TPSA) is 127 Å². The van der Waals surface area contributed by atoms with Gasteiger partial charge in [-0.05, 0) is 62.1 Å². The quantitative estimate of drug-likeness (QED) is 0.420. The Kier molecular flexibility index (Phi) is 7.39.